The van der Waals surface area contributed by atoms with Crippen LogP contribution in [-0.4, -0.2) is 10.7 Å². The molecule has 5 aromatic rings. The number of nitrogens with zero attached hydrogens (tertiary/aromatic N) is 3. The van der Waals surface area contributed by atoms with E-state index < -0.39 is 0 Å². The molecule has 2 heterocycles. The van der Waals surface area contributed by atoms with E-state index in [2.05, 4.69) is 138 Å². The lowest BCUT2D eigenvalue weighted by Gasteiger charge is -2.32. The van der Waals surface area contributed by atoms with Gasteiger partial charge in [-0.3, -0.25) is 0 Å². The van der Waals surface area contributed by atoms with E-state index in [-0.39, 0.29) is 6.17 Å². The number of benzene rings is 4. The first-order valence-corrected chi connectivity index (χ1v) is 11.1. The summed E-state index contributed by atoms with van der Waals surface area (Å²) in [4.78, 5) is 4.71. The Morgan fingerprint density at radius 2 is 1.00 bits per heavy atom. The first-order chi connectivity index (χ1) is 15.7. The molecule has 3 heteroatoms. The molecule has 156 valence electrons. The minimum Gasteiger partial charge on any atom is -0.325 e. The highest BCUT2D eigenvalue weighted by atomic mass is 15.4. The summed E-state index contributed by atoms with van der Waals surface area (Å²) in [7, 11) is 0. The van der Waals surface area contributed by atoms with Crippen LogP contribution >= 0.6 is 0 Å². The second kappa shape index (κ2) is 7.31. The Morgan fingerprint density at radius 3 is 1.62 bits per heavy atom. The zero-order valence-corrected chi connectivity index (χ0v) is 18.3. The summed E-state index contributed by atoms with van der Waals surface area (Å²) >= 11 is 0. The van der Waals surface area contributed by atoms with E-state index in [1.807, 2.05) is 0 Å². The number of rotatable bonds is 3. The van der Waals surface area contributed by atoms with Crippen molar-refractivity contribution in [2.24, 2.45) is 0 Å². The fourth-order valence-electron chi connectivity index (χ4n) is 5.00. The van der Waals surface area contributed by atoms with Gasteiger partial charge in [-0.2, -0.15) is 0 Å². The van der Waals surface area contributed by atoms with Gasteiger partial charge in [0.25, 0.3) is 0 Å². The third kappa shape index (κ3) is 2.75. The highest BCUT2D eigenvalue weighted by molar-refractivity contribution is 6.09. The SMILES string of the molecule is Cc1ccccc1N1C=CN(c2ccccc2-n2c3ccccc3c3ccccc32)[C@@H]1C. The molecular formula is C29H25N3. The van der Waals surface area contributed by atoms with Crippen molar-refractivity contribution in [1.82, 2.24) is 4.57 Å². The van der Waals surface area contributed by atoms with Crippen LogP contribution in [0.2, 0.25) is 0 Å². The van der Waals surface area contributed by atoms with Crippen molar-refractivity contribution in [3.63, 3.8) is 0 Å². The van der Waals surface area contributed by atoms with Crippen LogP contribution < -0.4 is 9.80 Å². The Bertz CT molecular complexity index is 1420. The van der Waals surface area contributed by atoms with E-state index in [0.717, 1.165) is 0 Å². The topological polar surface area (TPSA) is 11.4 Å². The summed E-state index contributed by atoms with van der Waals surface area (Å²) in [6.45, 7) is 4.43. The van der Waals surface area contributed by atoms with Crippen LogP contribution in [0.5, 0.6) is 0 Å². The van der Waals surface area contributed by atoms with Crippen LogP contribution in [0.1, 0.15) is 12.5 Å². The average Bonchev–Trinajstić information content (AvgIpc) is 3.37. The number of aromatic nitrogens is 1. The molecule has 1 aromatic heterocycles. The molecule has 1 atom stereocenters. The fraction of sp³-hybridized carbons (Fsp3) is 0.103. The quantitative estimate of drug-likeness (QED) is 0.308. The maximum absolute atomic E-state index is 2.40. The molecule has 0 spiro atoms. The third-order valence-electron chi connectivity index (χ3n) is 6.57. The van der Waals surface area contributed by atoms with Crippen LogP contribution in [0, 0.1) is 6.92 Å². The molecule has 0 radical (unpaired) electrons. The Kier molecular flexibility index (Phi) is 4.29. The minimum atomic E-state index is 0.172. The molecular weight excluding hydrogens is 390 g/mol. The highest BCUT2D eigenvalue weighted by Crippen LogP contribution is 2.38. The molecule has 0 unspecified atom stereocenters. The van der Waals surface area contributed by atoms with Gasteiger partial charge in [0.2, 0.25) is 0 Å². The number of fused-ring (bicyclic) bond motifs is 3. The summed E-state index contributed by atoms with van der Waals surface area (Å²) < 4.78 is 2.40. The molecule has 3 nitrogen and oxygen atoms in total. The number of hydrogen-bond donors (Lipinski definition) is 0. The van der Waals surface area contributed by atoms with E-state index in [0.29, 0.717) is 0 Å². The predicted octanol–water partition coefficient (Wildman–Crippen LogP) is 7.24. The van der Waals surface area contributed by atoms with Gasteiger partial charge < -0.3 is 14.4 Å². The van der Waals surface area contributed by atoms with E-state index in [4.69, 9.17) is 0 Å². The standard InChI is InChI=1S/C29H25N3/c1-21-11-3-6-14-25(21)30-19-20-31(22(30)2)28-17-9-10-18-29(28)32-26-15-7-4-12-23(26)24-13-5-8-16-27(24)32/h3-20,22H,1-2H3/t22-/m1/s1. The van der Waals surface area contributed by atoms with Crippen LogP contribution in [-0.2, 0) is 0 Å². The Balaban J connectivity index is 1.52. The van der Waals surface area contributed by atoms with Gasteiger partial charge in [0, 0.05) is 28.9 Å². The number of para-hydroxylation sites is 5. The average molecular weight is 416 g/mol. The molecule has 0 fully saturated rings. The number of aryl methyl sites for hydroxylation is 1. The maximum atomic E-state index is 2.40. The Labute approximate surface area is 188 Å². The molecule has 0 saturated heterocycles. The lowest BCUT2D eigenvalue weighted by atomic mass is 10.1. The normalized spacial score (nSPS) is 15.9. The molecule has 1 aliphatic rings. The van der Waals surface area contributed by atoms with Gasteiger partial charge in [0.15, 0.2) is 0 Å². The largest absolute Gasteiger partial charge is 0.325 e. The summed E-state index contributed by atoms with van der Waals surface area (Å²) in [6.07, 6.45) is 4.56. The van der Waals surface area contributed by atoms with Crippen molar-refractivity contribution in [3.05, 3.63) is 115 Å². The van der Waals surface area contributed by atoms with Crippen molar-refractivity contribution >= 4 is 33.2 Å². The molecule has 6 rings (SSSR count). The second-order valence-corrected chi connectivity index (χ2v) is 8.39. The first kappa shape index (κ1) is 18.8. The van der Waals surface area contributed by atoms with Crippen LogP contribution in [0.25, 0.3) is 27.5 Å². The summed E-state index contributed by atoms with van der Waals surface area (Å²) in [6, 6.07) is 34.6. The van der Waals surface area contributed by atoms with Crippen LogP contribution in [0.15, 0.2) is 109 Å². The predicted molar refractivity (Wildman–Crippen MR) is 136 cm³/mol. The highest BCUT2D eigenvalue weighted by Gasteiger charge is 2.27. The van der Waals surface area contributed by atoms with Gasteiger partial charge in [0.1, 0.15) is 6.17 Å². The van der Waals surface area contributed by atoms with Crippen molar-refractivity contribution in [1.29, 1.82) is 0 Å². The molecule has 4 aromatic carbocycles. The number of hydrogen-bond acceptors (Lipinski definition) is 2. The van der Waals surface area contributed by atoms with Crippen molar-refractivity contribution in [2.45, 2.75) is 20.0 Å². The molecule has 0 amide bonds. The van der Waals surface area contributed by atoms with Gasteiger partial charge in [-0.1, -0.05) is 66.7 Å². The van der Waals surface area contributed by atoms with Crippen LogP contribution in [0.3, 0.4) is 0 Å². The van der Waals surface area contributed by atoms with Gasteiger partial charge >= 0.3 is 0 Å². The third-order valence-corrected chi connectivity index (χ3v) is 6.57. The van der Waals surface area contributed by atoms with Crippen LogP contribution in [0.4, 0.5) is 11.4 Å². The summed E-state index contributed by atoms with van der Waals surface area (Å²) in [5.74, 6) is 0. The van der Waals surface area contributed by atoms with Crippen molar-refractivity contribution < 1.29 is 0 Å². The molecule has 32 heavy (non-hydrogen) atoms. The number of anilines is 2. The van der Waals surface area contributed by atoms with E-state index in [1.54, 1.807) is 0 Å². The van der Waals surface area contributed by atoms with Gasteiger partial charge in [0.05, 0.1) is 22.4 Å². The zero-order valence-electron chi connectivity index (χ0n) is 18.3. The lowest BCUT2D eigenvalue weighted by Crippen LogP contribution is -2.36. The minimum absolute atomic E-state index is 0.172. The van der Waals surface area contributed by atoms with Crippen molar-refractivity contribution in [3.8, 4) is 5.69 Å². The Morgan fingerprint density at radius 1 is 0.531 bits per heavy atom. The van der Waals surface area contributed by atoms with Crippen molar-refractivity contribution in [2.75, 3.05) is 9.80 Å². The van der Waals surface area contributed by atoms with E-state index >= 15 is 0 Å². The Hall–Kier alpha value is -3.98. The zero-order chi connectivity index (χ0) is 21.7. The maximum Gasteiger partial charge on any atom is 0.107 e. The smallest absolute Gasteiger partial charge is 0.107 e. The first-order valence-electron chi connectivity index (χ1n) is 11.1. The summed E-state index contributed by atoms with van der Waals surface area (Å²) in [5.41, 5.74) is 7.36. The monoisotopic (exact) mass is 415 g/mol. The fourth-order valence-corrected chi connectivity index (χ4v) is 5.00. The molecule has 0 bridgehead atoms. The van der Waals surface area contributed by atoms with Gasteiger partial charge in [-0.05, 0) is 49.7 Å². The second-order valence-electron chi connectivity index (χ2n) is 8.39. The van der Waals surface area contributed by atoms with E-state index in [1.165, 1.54) is 44.4 Å². The molecule has 0 N–H and O–H groups in total. The van der Waals surface area contributed by atoms with E-state index in [9.17, 15) is 0 Å². The lowest BCUT2D eigenvalue weighted by molar-refractivity contribution is 0.747. The molecule has 0 saturated carbocycles. The molecule has 0 aliphatic carbocycles. The molecule has 1 aliphatic heterocycles. The van der Waals surface area contributed by atoms with Gasteiger partial charge in [-0.15, -0.1) is 0 Å². The summed E-state index contributed by atoms with van der Waals surface area (Å²) in [5, 5.41) is 2.56. The van der Waals surface area contributed by atoms with Gasteiger partial charge in [-0.25, -0.2) is 0 Å².